The Hall–Kier alpha value is -1.00. The molecule has 1 aromatic rings. The standard InChI is InChI=1S/C12H17NO2S/c1-9-6-11(16-8-12(14)15-3)5-4-10(9)7-13-2/h4-6,13H,7-8H2,1-3H3. The van der Waals surface area contributed by atoms with E-state index in [0.29, 0.717) is 5.75 Å². The fourth-order valence-corrected chi connectivity index (χ4v) is 2.17. The zero-order valence-electron chi connectivity index (χ0n) is 9.87. The molecule has 1 rings (SSSR count). The number of carbonyl (C=O) groups is 1. The van der Waals surface area contributed by atoms with Crippen LogP contribution in [0.25, 0.3) is 0 Å². The Labute approximate surface area is 101 Å². The molecule has 0 aromatic heterocycles. The first-order chi connectivity index (χ1) is 7.67. The third-order valence-corrected chi connectivity index (χ3v) is 3.23. The van der Waals surface area contributed by atoms with Gasteiger partial charge in [-0.3, -0.25) is 4.79 Å². The van der Waals surface area contributed by atoms with E-state index in [1.165, 1.54) is 30.0 Å². The molecule has 0 bridgehead atoms. The van der Waals surface area contributed by atoms with Crippen molar-refractivity contribution in [3.05, 3.63) is 29.3 Å². The molecule has 0 spiro atoms. The number of benzene rings is 1. The molecule has 0 heterocycles. The summed E-state index contributed by atoms with van der Waals surface area (Å²) < 4.78 is 4.59. The molecule has 0 aliphatic heterocycles. The molecule has 0 fully saturated rings. The number of rotatable bonds is 5. The second-order valence-corrected chi connectivity index (χ2v) is 4.53. The minimum absolute atomic E-state index is 0.193. The number of aryl methyl sites for hydroxylation is 1. The Morgan fingerprint density at radius 2 is 2.25 bits per heavy atom. The molecule has 16 heavy (non-hydrogen) atoms. The van der Waals surface area contributed by atoms with E-state index in [9.17, 15) is 4.79 Å². The highest BCUT2D eigenvalue weighted by Gasteiger charge is 2.03. The summed E-state index contributed by atoms with van der Waals surface area (Å²) in [5.41, 5.74) is 2.52. The number of thioether (sulfide) groups is 1. The van der Waals surface area contributed by atoms with Gasteiger partial charge in [0.2, 0.25) is 0 Å². The molecule has 0 saturated carbocycles. The van der Waals surface area contributed by atoms with Gasteiger partial charge in [-0.2, -0.15) is 0 Å². The van der Waals surface area contributed by atoms with Crippen LogP contribution in [0.5, 0.6) is 0 Å². The summed E-state index contributed by atoms with van der Waals surface area (Å²) in [4.78, 5) is 12.1. The Kier molecular flexibility index (Phi) is 5.35. The molecule has 0 aliphatic rings. The molecule has 3 nitrogen and oxygen atoms in total. The van der Waals surface area contributed by atoms with Gasteiger partial charge in [-0.1, -0.05) is 6.07 Å². The van der Waals surface area contributed by atoms with Crippen molar-refractivity contribution in [2.45, 2.75) is 18.4 Å². The first-order valence-electron chi connectivity index (χ1n) is 5.11. The molecule has 88 valence electrons. The SMILES string of the molecule is CNCc1ccc(SCC(=O)OC)cc1C. The Morgan fingerprint density at radius 3 is 2.81 bits per heavy atom. The monoisotopic (exact) mass is 239 g/mol. The summed E-state index contributed by atoms with van der Waals surface area (Å²) >= 11 is 1.50. The van der Waals surface area contributed by atoms with Gasteiger partial charge < -0.3 is 10.1 Å². The normalized spacial score (nSPS) is 10.2. The lowest BCUT2D eigenvalue weighted by atomic mass is 10.1. The maximum absolute atomic E-state index is 11.0. The highest BCUT2D eigenvalue weighted by molar-refractivity contribution is 8.00. The van der Waals surface area contributed by atoms with E-state index in [4.69, 9.17) is 0 Å². The molecule has 0 saturated heterocycles. The fraction of sp³-hybridized carbons (Fsp3) is 0.417. The van der Waals surface area contributed by atoms with Crippen molar-refractivity contribution in [1.82, 2.24) is 5.32 Å². The molecule has 0 atom stereocenters. The van der Waals surface area contributed by atoms with E-state index < -0.39 is 0 Å². The second kappa shape index (κ2) is 6.55. The minimum Gasteiger partial charge on any atom is -0.468 e. The number of carbonyl (C=O) groups excluding carboxylic acids is 1. The van der Waals surface area contributed by atoms with Crippen molar-refractivity contribution in [3.63, 3.8) is 0 Å². The van der Waals surface area contributed by atoms with Gasteiger partial charge in [-0.05, 0) is 37.2 Å². The van der Waals surface area contributed by atoms with Gasteiger partial charge in [0.15, 0.2) is 0 Å². The van der Waals surface area contributed by atoms with Gasteiger partial charge in [0, 0.05) is 11.4 Å². The summed E-state index contributed by atoms with van der Waals surface area (Å²) in [6.45, 7) is 2.95. The van der Waals surface area contributed by atoms with Crippen molar-refractivity contribution in [1.29, 1.82) is 0 Å². The van der Waals surface area contributed by atoms with Crippen molar-refractivity contribution in [3.8, 4) is 0 Å². The maximum atomic E-state index is 11.0. The van der Waals surface area contributed by atoms with Crippen LogP contribution in [-0.4, -0.2) is 25.9 Å². The quantitative estimate of drug-likeness (QED) is 0.630. The predicted molar refractivity (Wildman–Crippen MR) is 66.7 cm³/mol. The summed E-state index contributed by atoms with van der Waals surface area (Å²) in [7, 11) is 3.34. The van der Waals surface area contributed by atoms with Crippen LogP contribution in [0.4, 0.5) is 0 Å². The smallest absolute Gasteiger partial charge is 0.315 e. The van der Waals surface area contributed by atoms with E-state index in [0.717, 1.165) is 11.4 Å². The number of hydrogen-bond acceptors (Lipinski definition) is 4. The van der Waals surface area contributed by atoms with E-state index in [1.807, 2.05) is 13.1 Å². The van der Waals surface area contributed by atoms with Crippen LogP contribution in [0.15, 0.2) is 23.1 Å². The summed E-state index contributed by atoms with van der Waals surface area (Å²) in [6, 6.07) is 6.22. The molecular formula is C12H17NO2S. The molecule has 0 aliphatic carbocycles. The van der Waals surface area contributed by atoms with Crippen molar-refractivity contribution < 1.29 is 9.53 Å². The topological polar surface area (TPSA) is 38.3 Å². The Morgan fingerprint density at radius 1 is 1.50 bits per heavy atom. The number of methoxy groups -OCH3 is 1. The zero-order chi connectivity index (χ0) is 12.0. The molecule has 1 N–H and O–H groups in total. The fourth-order valence-electron chi connectivity index (χ4n) is 1.35. The van der Waals surface area contributed by atoms with Gasteiger partial charge in [0.05, 0.1) is 12.9 Å². The molecule has 4 heteroatoms. The lowest BCUT2D eigenvalue weighted by molar-refractivity contribution is -0.137. The number of nitrogens with one attached hydrogen (secondary N) is 1. The van der Waals surface area contributed by atoms with Gasteiger partial charge in [-0.15, -0.1) is 11.8 Å². The largest absolute Gasteiger partial charge is 0.468 e. The van der Waals surface area contributed by atoms with E-state index >= 15 is 0 Å². The molecule has 1 aromatic carbocycles. The number of esters is 1. The average molecular weight is 239 g/mol. The first kappa shape index (κ1) is 13.1. The van der Waals surface area contributed by atoms with Crippen molar-refractivity contribution >= 4 is 17.7 Å². The average Bonchev–Trinajstić information content (AvgIpc) is 2.29. The minimum atomic E-state index is -0.193. The van der Waals surface area contributed by atoms with E-state index in [1.54, 1.807) is 0 Å². The van der Waals surface area contributed by atoms with Crippen LogP contribution in [0.3, 0.4) is 0 Å². The van der Waals surface area contributed by atoms with Gasteiger partial charge >= 0.3 is 5.97 Å². The predicted octanol–water partition coefficient (Wildman–Crippen LogP) is 1.98. The highest BCUT2D eigenvalue weighted by Crippen LogP contribution is 2.21. The Bertz CT molecular complexity index is 366. The lowest BCUT2D eigenvalue weighted by Crippen LogP contribution is -2.06. The summed E-state index contributed by atoms with van der Waals surface area (Å²) in [5.74, 6) is 0.170. The van der Waals surface area contributed by atoms with Gasteiger partial charge in [0.1, 0.15) is 0 Å². The summed E-state index contributed by atoms with van der Waals surface area (Å²) in [5, 5.41) is 3.12. The number of hydrogen-bond donors (Lipinski definition) is 1. The summed E-state index contributed by atoms with van der Waals surface area (Å²) in [6.07, 6.45) is 0. The second-order valence-electron chi connectivity index (χ2n) is 3.48. The lowest BCUT2D eigenvalue weighted by Gasteiger charge is -2.07. The third-order valence-electron chi connectivity index (χ3n) is 2.27. The third kappa shape index (κ3) is 3.87. The Balaban J connectivity index is 2.62. The highest BCUT2D eigenvalue weighted by atomic mass is 32.2. The van der Waals surface area contributed by atoms with Crippen LogP contribution in [0, 0.1) is 6.92 Å². The maximum Gasteiger partial charge on any atom is 0.315 e. The zero-order valence-corrected chi connectivity index (χ0v) is 10.7. The number of ether oxygens (including phenoxy) is 1. The molecule has 0 amide bonds. The van der Waals surface area contributed by atoms with Crippen LogP contribution >= 0.6 is 11.8 Å². The van der Waals surface area contributed by atoms with Crippen LogP contribution in [0.1, 0.15) is 11.1 Å². The van der Waals surface area contributed by atoms with Crippen LogP contribution in [-0.2, 0) is 16.1 Å². The molecule has 0 radical (unpaired) electrons. The molecule has 0 unspecified atom stereocenters. The van der Waals surface area contributed by atoms with Gasteiger partial charge in [-0.25, -0.2) is 0 Å². The van der Waals surface area contributed by atoms with Crippen molar-refractivity contribution in [2.24, 2.45) is 0 Å². The first-order valence-corrected chi connectivity index (χ1v) is 6.09. The van der Waals surface area contributed by atoms with Crippen LogP contribution < -0.4 is 5.32 Å². The van der Waals surface area contributed by atoms with Crippen molar-refractivity contribution in [2.75, 3.05) is 19.9 Å². The molecular weight excluding hydrogens is 222 g/mol. The van der Waals surface area contributed by atoms with Gasteiger partial charge in [0.25, 0.3) is 0 Å². The van der Waals surface area contributed by atoms with E-state index in [-0.39, 0.29) is 5.97 Å². The van der Waals surface area contributed by atoms with Crippen LogP contribution in [0.2, 0.25) is 0 Å². The van der Waals surface area contributed by atoms with E-state index in [2.05, 4.69) is 29.1 Å².